The van der Waals surface area contributed by atoms with Crippen LogP contribution in [0.5, 0.6) is 11.5 Å². The Morgan fingerprint density at radius 2 is 1.71 bits per heavy atom. The predicted molar refractivity (Wildman–Crippen MR) is 71.0 cm³/mol. The number of nitrogens with zero attached hydrogens (tertiary/aromatic N) is 2. The van der Waals surface area contributed by atoms with Crippen molar-refractivity contribution in [2.45, 2.75) is 6.92 Å². The van der Waals surface area contributed by atoms with Gasteiger partial charge >= 0.3 is 11.4 Å². The van der Waals surface area contributed by atoms with Gasteiger partial charge in [0.1, 0.15) is 0 Å². The van der Waals surface area contributed by atoms with Gasteiger partial charge in [-0.1, -0.05) is 18.2 Å². The Morgan fingerprint density at radius 1 is 1.05 bits per heavy atom. The van der Waals surface area contributed by atoms with E-state index in [1.54, 1.807) is 13.0 Å². The van der Waals surface area contributed by atoms with Crippen LogP contribution in [-0.4, -0.2) is 9.85 Å². The molecule has 8 heteroatoms. The van der Waals surface area contributed by atoms with Crippen LogP contribution in [0.1, 0.15) is 5.56 Å². The zero-order valence-electron chi connectivity index (χ0n) is 10.8. The minimum Gasteiger partial charge on any atom is -0.442 e. The number of hydrogen-bond acceptors (Lipinski definition) is 5. The molecule has 0 atom stereocenters. The highest BCUT2D eigenvalue weighted by Gasteiger charge is 2.25. The first kappa shape index (κ1) is 14.4. The molecule has 7 nitrogen and oxygen atoms in total. The van der Waals surface area contributed by atoms with Gasteiger partial charge in [-0.2, -0.15) is 4.39 Å². The highest BCUT2D eigenvalue weighted by atomic mass is 19.1. The lowest BCUT2D eigenvalue weighted by Gasteiger charge is -2.09. The summed E-state index contributed by atoms with van der Waals surface area (Å²) in [6.07, 6.45) is 0. The van der Waals surface area contributed by atoms with Crippen LogP contribution in [0.2, 0.25) is 0 Å². The molecule has 2 rings (SSSR count). The van der Waals surface area contributed by atoms with Gasteiger partial charge in [-0.15, -0.1) is 0 Å². The van der Waals surface area contributed by atoms with E-state index < -0.39 is 27.1 Å². The van der Waals surface area contributed by atoms with Crippen LogP contribution in [-0.2, 0) is 0 Å². The Bertz CT molecular complexity index is 732. The molecular formula is C13H9FN2O5. The molecule has 0 spiro atoms. The third-order valence-corrected chi connectivity index (χ3v) is 2.73. The fourth-order valence-corrected chi connectivity index (χ4v) is 1.78. The minimum atomic E-state index is -1.08. The van der Waals surface area contributed by atoms with Crippen LogP contribution in [0.3, 0.4) is 0 Å². The van der Waals surface area contributed by atoms with Gasteiger partial charge in [-0.25, -0.2) is 0 Å². The molecule has 0 aliphatic heterocycles. The molecule has 0 fully saturated rings. The van der Waals surface area contributed by atoms with E-state index in [1.807, 2.05) is 0 Å². The standard InChI is InChI=1S/C13H9FN2O5/c1-8-4-2-6-10(15(17)18)13(8)21-11-7-3-5-9(14)12(11)16(19)20/h2-7H,1H3. The highest BCUT2D eigenvalue weighted by molar-refractivity contribution is 5.56. The largest absolute Gasteiger partial charge is 0.442 e. The molecule has 2 aromatic rings. The zero-order valence-corrected chi connectivity index (χ0v) is 10.8. The van der Waals surface area contributed by atoms with Crippen molar-refractivity contribution < 1.29 is 19.0 Å². The quantitative estimate of drug-likeness (QED) is 0.631. The fourth-order valence-electron chi connectivity index (χ4n) is 1.78. The molecule has 0 saturated carbocycles. The summed E-state index contributed by atoms with van der Waals surface area (Å²) in [5, 5.41) is 21.9. The Hall–Kier alpha value is -3.03. The third-order valence-electron chi connectivity index (χ3n) is 2.73. The molecule has 2 aromatic carbocycles. The van der Waals surface area contributed by atoms with E-state index in [4.69, 9.17) is 4.74 Å². The van der Waals surface area contributed by atoms with Crippen molar-refractivity contribution in [2.24, 2.45) is 0 Å². The number of rotatable bonds is 4. The van der Waals surface area contributed by atoms with Crippen molar-refractivity contribution in [2.75, 3.05) is 0 Å². The summed E-state index contributed by atoms with van der Waals surface area (Å²) in [4.78, 5) is 20.2. The van der Waals surface area contributed by atoms with Crippen LogP contribution < -0.4 is 4.74 Å². The fraction of sp³-hybridized carbons (Fsp3) is 0.0769. The van der Waals surface area contributed by atoms with E-state index >= 15 is 0 Å². The predicted octanol–water partition coefficient (Wildman–Crippen LogP) is 3.74. The van der Waals surface area contributed by atoms with Crippen molar-refractivity contribution in [1.29, 1.82) is 0 Å². The van der Waals surface area contributed by atoms with Crippen molar-refractivity contribution in [3.05, 3.63) is 68.0 Å². The van der Waals surface area contributed by atoms with Gasteiger partial charge in [-0.05, 0) is 24.6 Å². The molecular weight excluding hydrogens is 283 g/mol. The molecule has 0 aliphatic rings. The SMILES string of the molecule is Cc1cccc([N+](=O)[O-])c1Oc1cccc(F)c1[N+](=O)[O-]. The average Bonchev–Trinajstić information content (AvgIpc) is 2.40. The minimum absolute atomic E-state index is 0.156. The number of nitro benzene ring substituents is 2. The number of nitro groups is 2. The van der Waals surface area contributed by atoms with Crippen LogP contribution in [0.25, 0.3) is 0 Å². The molecule has 0 aromatic heterocycles. The molecule has 0 N–H and O–H groups in total. The van der Waals surface area contributed by atoms with Gasteiger partial charge in [0, 0.05) is 6.07 Å². The summed E-state index contributed by atoms with van der Waals surface area (Å²) in [6.45, 7) is 1.55. The van der Waals surface area contributed by atoms with E-state index in [2.05, 4.69) is 0 Å². The maximum Gasteiger partial charge on any atom is 0.346 e. The lowest BCUT2D eigenvalue weighted by atomic mass is 10.2. The first-order chi connectivity index (χ1) is 9.91. The van der Waals surface area contributed by atoms with Crippen molar-refractivity contribution >= 4 is 11.4 Å². The molecule has 0 aliphatic carbocycles. The van der Waals surface area contributed by atoms with E-state index in [9.17, 15) is 24.6 Å². The molecule has 0 radical (unpaired) electrons. The molecule has 0 unspecified atom stereocenters. The summed E-state index contributed by atoms with van der Waals surface area (Å²) in [7, 11) is 0. The van der Waals surface area contributed by atoms with Gasteiger partial charge in [0.2, 0.25) is 17.3 Å². The van der Waals surface area contributed by atoms with Gasteiger partial charge < -0.3 is 4.74 Å². The number of ether oxygens (including phenoxy) is 1. The van der Waals surface area contributed by atoms with Crippen LogP contribution in [0.4, 0.5) is 15.8 Å². The van der Waals surface area contributed by atoms with E-state index in [0.29, 0.717) is 5.56 Å². The van der Waals surface area contributed by atoms with Crippen LogP contribution in [0.15, 0.2) is 36.4 Å². The second-order valence-electron chi connectivity index (χ2n) is 4.13. The number of hydrogen-bond donors (Lipinski definition) is 0. The zero-order chi connectivity index (χ0) is 15.6. The number of benzene rings is 2. The maximum atomic E-state index is 13.5. The Morgan fingerprint density at radius 3 is 2.33 bits per heavy atom. The van der Waals surface area contributed by atoms with Crippen molar-refractivity contribution in [1.82, 2.24) is 0 Å². The summed E-state index contributed by atoms with van der Waals surface area (Å²) >= 11 is 0. The molecule has 0 amide bonds. The monoisotopic (exact) mass is 292 g/mol. The normalized spacial score (nSPS) is 10.2. The summed E-state index contributed by atoms with van der Waals surface area (Å²) < 4.78 is 18.8. The second kappa shape index (κ2) is 5.53. The molecule has 0 saturated heterocycles. The highest BCUT2D eigenvalue weighted by Crippen LogP contribution is 2.38. The van der Waals surface area contributed by atoms with E-state index in [1.165, 1.54) is 24.3 Å². The Kier molecular flexibility index (Phi) is 3.79. The third kappa shape index (κ3) is 2.78. The lowest BCUT2D eigenvalue weighted by molar-refractivity contribution is -0.389. The number of aryl methyl sites for hydroxylation is 1. The first-order valence-electron chi connectivity index (χ1n) is 5.76. The smallest absolute Gasteiger partial charge is 0.346 e. The average molecular weight is 292 g/mol. The lowest BCUT2D eigenvalue weighted by Crippen LogP contribution is -1.99. The van der Waals surface area contributed by atoms with Crippen molar-refractivity contribution in [3.8, 4) is 11.5 Å². The molecule has 108 valence electrons. The van der Waals surface area contributed by atoms with E-state index in [-0.39, 0.29) is 11.4 Å². The molecule has 0 bridgehead atoms. The topological polar surface area (TPSA) is 95.5 Å². The van der Waals surface area contributed by atoms with E-state index in [0.717, 1.165) is 6.07 Å². The Labute approximate surface area is 117 Å². The number of para-hydroxylation sites is 2. The van der Waals surface area contributed by atoms with Gasteiger partial charge in [-0.3, -0.25) is 20.2 Å². The maximum absolute atomic E-state index is 13.5. The first-order valence-corrected chi connectivity index (χ1v) is 5.76. The van der Waals surface area contributed by atoms with Crippen LogP contribution in [0, 0.1) is 33.0 Å². The summed E-state index contributed by atoms with van der Waals surface area (Å²) in [5.74, 6) is -1.62. The Balaban J connectivity index is 2.56. The summed E-state index contributed by atoms with van der Waals surface area (Å²) in [5.41, 5.74) is -0.814. The summed E-state index contributed by atoms with van der Waals surface area (Å²) in [6, 6.07) is 7.53. The van der Waals surface area contributed by atoms with Gasteiger partial charge in [0.25, 0.3) is 0 Å². The van der Waals surface area contributed by atoms with Gasteiger partial charge in [0.05, 0.1) is 9.85 Å². The molecule has 21 heavy (non-hydrogen) atoms. The van der Waals surface area contributed by atoms with Crippen LogP contribution >= 0.6 is 0 Å². The van der Waals surface area contributed by atoms with Gasteiger partial charge in [0.15, 0.2) is 0 Å². The van der Waals surface area contributed by atoms with Crippen molar-refractivity contribution in [3.63, 3.8) is 0 Å². The molecule has 0 heterocycles. The second-order valence-corrected chi connectivity index (χ2v) is 4.13. The number of halogens is 1.